The average Bonchev–Trinajstić information content (AvgIpc) is 2.80. The van der Waals surface area contributed by atoms with Crippen molar-refractivity contribution in [1.29, 1.82) is 0 Å². The maximum absolute atomic E-state index is 12.5. The van der Waals surface area contributed by atoms with Crippen LogP contribution in [-0.2, 0) is 6.54 Å². The number of aryl methyl sites for hydroxylation is 2. The van der Waals surface area contributed by atoms with Crippen LogP contribution in [0.25, 0.3) is 0 Å². The van der Waals surface area contributed by atoms with Crippen LogP contribution in [0.15, 0.2) is 28.9 Å². The van der Waals surface area contributed by atoms with Gasteiger partial charge in [0.25, 0.3) is 5.91 Å². The molecule has 6 heteroatoms. The predicted molar refractivity (Wildman–Crippen MR) is 91.6 cm³/mol. The molecule has 1 heterocycles. The van der Waals surface area contributed by atoms with Gasteiger partial charge in [0.1, 0.15) is 5.69 Å². The SMILES string of the molecule is CCCn1cc(Br)cc1C(=O)Nc1c(Cl)ccc(C)c1Cl. The fourth-order valence-electron chi connectivity index (χ4n) is 2.04. The van der Waals surface area contributed by atoms with Gasteiger partial charge in [0.2, 0.25) is 0 Å². The van der Waals surface area contributed by atoms with Gasteiger partial charge in [-0.05, 0) is 47.0 Å². The highest BCUT2D eigenvalue weighted by Gasteiger charge is 2.16. The van der Waals surface area contributed by atoms with Gasteiger partial charge in [0, 0.05) is 17.2 Å². The maximum atomic E-state index is 12.5. The van der Waals surface area contributed by atoms with E-state index in [1.165, 1.54) is 0 Å². The molecule has 0 radical (unpaired) electrons. The van der Waals surface area contributed by atoms with Gasteiger partial charge >= 0.3 is 0 Å². The Morgan fingerprint density at radius 1 is 1.38 bits per heavy atom. The minimum atomic E-state index is -0.233. The summed E-state index contributed by atoms with van der Waals surface area (Å²) in [5, 5.41) is 3.69. The number of nitrogens with one attached hydrogen (secondary N) is 1. The van der Waals surface area contributed by atoms with Gasteiger partial charge in [-0.1, -0.05) is 36.2 Å². The van der Waals surface area contributed by atoms with Crippen LogP contribution in [0, 0.1) is 6.92 Å². The molecule has 1 amide bonds. The van der Waals surface area contributed by atoms with Crippen molar-refractivity contribution < 1.29 is 4.79 Å². The zero-order valence-corrected chi connectivity index (χ0v) is 14.8. The van der Waals surface area contributed by atoms with Crippen LogP contribution < -0.4 is 5.32 Å². The van der Waals surface area contributed by atoms with Crippen LogP contribution in [0.2, 0.25) is 10.0 Å². The van der Waals surface area contributed by atoms with E-state index in [-0.39, 0.29) is 5.91 Å². The molecule has 2 aromatic rings. The summed E-state index contributed by atoms with van der Waals surface area (Å²) in [5.41, 5.74) is 1.88. The van der Waals surface area contributed by atoms with Gasteiger partial charge in [-0.2, -0.15) is 0 Å². The summed E-state index contributed by atoms with van der Waals surface area (Å²) >= 11 is 15.7. The fraction of sp³-hybridized carbons (Fsp3) is 0.267. The monoisotopic (exact) mass is 388 g/mol. The van der Waals surface area contributed by atoms with E-state index in [1.54, 1.807) is 12.1 Å². The highest BCUT2D eigenvalue weighted by atomic mass is 79.9. The van der Waals surface area contributed by atoms with Crippen LogP contribution >= 0.6 is 39.1 Å². The number of carbonyl (C=O) groups is 1. The second-order valence-electron chi connectivity index (χ2n) is 4.74. The Bertz CT molecular complexity index is 683. The van der Waals surface area contributed by atoms with E-state index < -0.39 is 0 Å². The van der Waals surface area contributed by atoms with Gasteiger partial charge in [-0.25, -0.2) is 0 Å². The van der Waals surface area contributed by atoms with Crippen LogP contribution in [0.5, 0.6) is 0 Å². The Morgan fingerprint density at radius 2 is 2.10 bits per heavy atom. The van der Waals surface area contributed by atoms with Gasteiger partial charge < -0.3 is 9.88 Å². The topological polar surface area (TPSA) is 34.0 Å². The molecule has 0 saturated carbocycles. The minimum absolute atomic E-state index is 0.233. The van der Waals surface area contributed by atoms with Crippen LogP contribution in [0.4, 0.5) is 5.69 Å². The molecule has 0 saturated heterocycles. The van der Waals surface area contributed by atoms with E-state index in [4.69, 9.17) is 23.2 Å². The number of halogens is 3. The Kier molecular flexibility index (Phi) is 5.36. The van der Waals surface area contributed by atoms with Crippen molar-refractivity contribution >= 4 is 50.7 Å². The van der Waals surface area contributed by atoms with Gasteiger partial charge in [-0.15, -0.1) is 0 Å². The zero-order chi connectivity index (χ0) is 15.6. The van der Waals surface area contributed by atoms with Crippen molar-refractivity contribution in [3.05, 3.63) is 50.2 Å². The second-order valence-corrected chi connectivity index (χ2v) is 6.45. The number of aromatic nitrogens is 1. The molecule has 0 fully saturated rings. The summed E-state index contributed by atoms with van der Waals surface area (Å²) < 4.78 is 2.76. The summed E-state index contributed by atoms with van der Waals surface area (Å²) in [7, 11) is 0. The van der Waals surface area contributed by atoms with Crippen molar-refractivity contribution in [3.8, 4) is 0 Å². The number of hydrogen-bond donors (Lipinski definition) is 1. The average molecular weight is 390 g/mol. The van der Waals surface area contributed by atoms with E-state index in [9.17, 15) is 4.79 Å². The molecule has 0 spiro atoms. The standard InChI is InChI=1S/C15H15BrCl2N2O/c1-3-6-20-8-10(16)7-12(20)15(21)19-14-11(17)5-4-9(2)13(14)18/h4-5,7-8H,3,6H2,1-2H3,(H,19,21). The highest BCUT2D eigenvalue weighted by Crippen LogP contribution is 2.33. The summed E-state index contributed by atoms with van der Waals surface area (Å²) in [6, 6.07) is 5.32. The molecule has 0 bridgehead atoms. The number of benzene rings is 1. The van der Waals surface area contributed by atoms with E-state index in [1.807, 2.05) is 23.8 Å². The predicted octanol–water partition coefficient (Wildman–Crippen LogP) is 5.53. The van der Waals surface area contributed by atoms with Crippen molar-refractivity contribution in [2.45, 2.75) is 26.8 Å². The van der Waals surface area contributed by atoms with Gasteiger partial charge in [0.05, 0.1) is 15.7 Å². The maximum Gasteiger partial charge on any atom is 0.272 e. The molecular formula is C15H15BrCl2N2O. The Labute approximate surface area is 142 Å². The van der Waals surface area contributed by atoms with E-state index >= 15 is 0 Å². The molecule has 1 N–H and O–H groups in total. The molecule has 0 aliphatic heterocycles. The molecule has 0 unspecified atom stereocenters. The molecule has 112 valence electrons. The van der Waals surface area contributed by atoms with Gasteiger partial charge in [0.15, 0.2) is 0 Å². The van der Waals surface area contributed by atoms with Crippen LogP contribution in [0.3, 0.4) is 0 Å². The molecular weight excluding hydrogens is 375 g/mol. The van der Waals surface area contributed by atoms with Crippen molar-refractivity contribution in [2.75, 3.05) is 5.32 Å². The molecule has 1 aromatic heterocycles. The molecule has 0 aliphatic rings. The number of carbonyl (C=O) groups excluding carboxylic acids is 1. The summed E-state index contributed by atoms with van der Waals surface area (Å²) in [6.45, 7) is 4.69. The summed E-state index contributed by atoms with van der Waals surface area (Å²) in [4.78, 5) is 12.5. The molecule has 1 aromatic carbocycles. The van der Waals surface area contributed by atoms with Crippen molar-refractivity contribution in [3.63, 3.8) is 0 Å². The largest absolute Gasteiger partial charge is 0.342 e. The number of anilines is 1. The van der Waals surface area contributed by atoms with Crippen LogP contribution in [-0.4, -0.2) is 10.5 Å². The summed E-state index contributed by atoms with van der Waals surface area (Å²) in [5.74, 6) is -0.233. The normalized spacial score (nSPS) is 10.7. The molecule has 0 aliphatic carbocycles. The first-order valence-electron chi connectivity index (χ1n) is 6.55. The summed E-state index contributed by atoms with van der Waals surface area (Å²) in [6.07, 6.45) is 2.82. The third-order valence-electron chi connectivity index (χ3n) is 3.08. The van der Waals surface area contributed by atoms with E-state index in [0.717, 1.165) is 23.0 Å². The molecule has 21 heavy (non-hydrogen) atoms. The number of rotatable bonds is 4. The Morgan fingerprint density at radius 3 is 2.76 bits per heavy atom. The molecule has 0 atom stereocenters. The lowest BCUT2D eigenvalue weighted by molar-refractivity contribution is 0.101. The smallest absolute Gasteiger partial charge is 0.272 e. The van der Waals surface area contributed by atoms with E-state index in [2.05, 4.69) is 28.2 Å². The van der Waals surface area contributed by atoms with E-state index in [0.29, 0.717) is 21.4 Å². The quantitative estimate of drug-likeness (QED) is 0.732. The van der Waals surface area contributed by atoms with Gasteiger partial charge in [-0.3, -0.25) is 4.79 Å². The zero-order valence-electron chi connectivity index (χ0n) is 11.7. The lowest BCUT2D eigenvalue weighted by Gasteiger charge is -2.12. The first kappa shape index (κ1) is 16.4. The lowest BCUT2D eigenvalue weighted by Crippen LogP contribution is -2.17. The Hall–Kier alpha value is -0.970. The number of amides is 1. The Balaban J connectivity index is 2.33. The first-order chi connectivity index (χ1) is 9.93. The lowest BCUT2D eigenvalue weighted by atomic mass is 10.2. The second kappa shape index (κ2) is 6.86. The molecule has 2 rings (SSSR count). The minimum Gasteiger partial charge on any atom is -0.342 e. The number of hydrogen-bond acceptors (Lipinski definition) is 1. The van der Waals surface area contributed by atoms with Crippen LogP contribution in [0.1, 0.15) is 29.4 Å². The van der Waals surface area contributed by atoms with Crippen molar-refractivity contribution in [2.24, 2.45) is 0 Å². The third kappa shape index (κ3) is 3.62. The highest BCUT2D eigenvalue weighted by molar-refractivity contribution is 9.10. The first-order valence-corrected chi connectivity index (χ1v) is 8.10. The van der Waals surface area contributed by atoms with Crippen molar-refractivity contribution in [1.82, 2.24) is 4.57 Å². The third-order valence-corrected chi connectivity index (χ3v) is 4.32. The molecule has 3 nitrogen and oxygen atoms in total. The number of nitrogens with zero attached hydrogens (tertiary/aromatic N) is 1. The fourth-order valence-corrected chi connectivity index (χ4v) is 2.97.